The van der Waals surface area contributed by atoms with Crippen LogP contribution in [0, 0.1) is 18.3 Å². The number of rotatable bonds is 7. The van der Waals surface area contributed by atoms with Crippen molar-refractivity contribution in [3.63, 3.8) is 0 Å². The van der Waals surface area contributed by atoms with Crippen LogP contribution in [0.15, 0.2) is 93.7 Å². The Hall–Kier alpha value is -2.72. The van der Waals surface area contributed by atoms with Gasteiger partial charge in [0.05, 0.1) is 4.90 Å². The molecule has 7 heteroatoms. The first-order valence-electron chi connectivity index (χ1n) is 9.05. The molecule has 0 bridgehead atoms. The van der Waals surface area contributed by atoms with E-state index in [1.54, 1.807) is 24.3 Å². The van der Waals surface area contributed by atoms with Crippen molar-refractivity contribution in [2.45, 2.75) is 17.6 Å². The summed E-state index contributed by atoms with van der Waals surface area (Å²) < 4.78 is 26.3. The molecule has 0 spiro atoms. The quantitative estimate of drug-likeness (QED) is 0.433. The molecule has 3 aromatic rings. The van der Waals surface area contributed by atoms with Crippen molar-refractivity contribution in [1.82, 2.24) is 0 Å². The largest absolute Gasteiger partial charge is 0.349 e. The Kier molecular flexibility index (Phi) is 7.22. The molecule has 0 aromatic heterocycles. The zero-order valence-electron chi connectivity index (χ0n) is 16.2. The number of hydrogen-bond donors (Lipinski definition) is 1. The normalized spacial score (nSPS) is 12.0. The lowest BCUT2D eigenvalue weighted by atomic mass is 10.2. The number of halogens is 1. The van der Waals surface area contributed by atoms with E-state index in [1.165, 1.54) is 23.9 Å². The SMILES string of the molecule is Cc1cccc(N/C(SCc2cccc(Cl)c2)=C(/C#N)S(=O)(=O)c2ccccc2)c1. The van der Waals surface area contributed by atoms with Crippen LogP contribution in [0.2, 0.25) is 5.02 Å². The predicted molar refractivity (Wildman–Crippen MR) is 124 cm³/mol. The van der Waals surface area contributed by atoms with Crippen LogP contribution in [0.5, 0.6) is 0 Å². The van der Waals surface area contributed by atoms with Crippen molar-refractivity contribution in [2.75, 3.05) is 5.32 Å². The first-order valence-corrected chi connectivity index (χ1v) is 11.9. The highest BCUT2D eigenvalue weighted by Crippen LogP contribution is 2.31. The molecular weight excluding hydrogens is 436 g/mol. The van der Waals surface area contributed by atoms with Crippen LogP contribution in [0.4, 0.5) is 5.69 Å². The molecule has 0 atom stereocenters. The van der Waals surface area contributed by atoms with Crippen molar-refractivity contribution < 1.29 is 8.42 Å². The Morgan fingerprint density at radius 3 is 2.43 bits per heavy atom. The molecule has 0 aliphatic carbocycles. The second-order valence-corrected chi connectivity index (χ2v) is 9.81. The minimum atomic E-state index is -3.98. The van der Waals surface area contributed by atoms with E-state index in [0.29, 0.717) is 16.5 Å². The molecule has 152 valence electrons. The summed E-state index contributed by atoms with van der Waals surface area (Å²) in [6, 6.07) is 24.7. The summed E-state index contributed by atoms with van der Waals surface area (Å²) in [5, 5.41) is 13.8. The van der Waals surface area contributed by atoms with Crippen LogP contribution in [-0.2, 0) is 15.6 Å². The Labute approximate surface area is 186 Å². The average Bonchev–Trinajstić information content (AvgIpc) is 2.73. The van der Waals surface area contributed by atoms with Gasteiger partial charge < -0.3 is 5.32 Å². The fourth-order valence-electron chi connectivity index (χ4n) is 2.74. The van der Waals surface area contributed by atoms with Crippen LogP contribution in [0.25, 0.3) is 0 Å². The van der Waals surface area contributed by atoms with Gasteiger partial charge in [0.15, 0.2) is 4.91 Å². The van der Waals surface area contributed by atoms with Crippen molar-refractivity contribution in [3.8, 4) is 6.07 Å². The van der Waals surface area contributed by atoms with Gasteiger partial charge in [0.1, 0.15) is 11.1 Å². The van der Waals surface area contributed by atoms with E-state index in [-0.39, 0.29) is 14.8 Å². The number of nitrogens with zero attached hydrogens (tertiary/aromatic N) is 1. The second-order valence-electron chi connectivity index (χ2n) is 6.50. The summed E-state index contributed by atoms with van der Waals surface area (Å²) in [6.45, 7) is 1.94. The van der Waals surface area contributed by atoms with Gasteiger partial charge in [-0.15, -0.1) is 11.8 Å². The molecule has 0 fully saturated rings. The molecule has 0 aliphatic heterocycles. The maximum Gasteiger partial charge on any atom is 0.219 e. The van der Waals surface area contributed by atoms with Gasteiger partial charge in [0.25, 0.3) is 0 Å². The molecule has 1 N–H and O–H groups in total. The predicted octanol–water partition coefficient (Wildman–Crippen LogP) is 6.16. The zero-order valence-corrected chi connectivity index (χ0v) is 18.6. The zero-order chi connectivity index (χ0) is 21.6. The topological polar surface area (TPSA) is 70.0 Å². The highest BCUT2D eigenvalue weighted by atomic mass is 35.5. The maximum absolute atomic E-state index is 13.2. The summed E-state index contributed by atoms with van der Waals surface area (Å²) >= 11 is 7.31. The summed E-state index contributed by atoms with van der Waals surface area (Å²) in [7, 11) is -3.98. The number of thioether (sulfide) groups is 1. The third-order valence-electron chi connectivity index (χ3n) is 4.18. The number of aryl methyl sites for hydroxylation is 1. The van der Waals surface area contributed by atoms with Crippen molar-refractivity contribution >= 4 is 38.9 Å². The van der Waals surface area contributed by atoms with Gasteiger partial charge in [-0.3, -0.25) is 0 Å². The van der Waals surface area contributed by atoms with Crippen LogP contribution in [0.1, 0.15) is 11.1 Å². The second kappa shape index (κ2) is 9.86. The average molecular weight is 455 g/mol. The van der Waals surface area contributed by atoms with Crippen molar-refractivity contribution in [2.24, 2.45) is 0 Å². The van der Waals surface area contributed by atoms with E-state index >= 15 is 0 Å². The summed E-state index contributed by atoms with van der Waals surface area (Å²) in [5.74, 6) is 0.449. The van der Waals surface area contributed by atoms with Gasteiger partial charge in [-0.1, -0.05) is 54.1 Å². The Morgan fingerprint density at radius 2 is 1.77 bits per heavy atom. The van der Waals surface area contributed by atoms with Gasteiger partial charge in [0.2, 0.25) is 9.84 Å². The number of benzene rings is 3. The van der Waals surface area contributed by atoms with E-state index in [4.69, 9.17) is 11.6 Å². The van der Waals surface area contributed by atoms with E-state index in [1.807, 2.05) is 55.5 Å². The Balaban J connectivity index is 2.04. The summed E-state index contributed by atoms with van der Waals surface area (Å²) in [6.07, 6.45) is 0. The fourth-order valence-corrected chi connectivity index (χ4v) is 5.49. The highest BCUT2D eigenvalue weighted by Gasteiger charge is 2.25. The molecule has 0 saturated heterocycles. The fraction of sp³-hybridized carbons (Fsp3) is 0.0870. The molecule has 4 nitrogen and oxygen atoms in total. The number of hydrogen-bond acceptors (Lipinski definition) is 5. The summed E-state index contributed by atoms with van der Waals surface area (Å²) in [5.41, 5.74) is 2.65. The van der Waals surface area contributed by atoms with E-state index in [0.717, 1.165) is 11.1 Å². The monoisotopic (exact) mass is 454 g/mol. The van der Waals surface area contributed by atoms with Crippen molar-refractivity contribution in [1.29, 1.82) is 5.26 Å². The van der Waals surface area contributed by atoms with Gasteiger partial charge in [0, 0.05) is 16.5 Å². The van der Waals surface area contributed by atoms with Gasteiger partial charge >= 0.3 is 0 Å². The number of anilines is 1. The van der Waals surface area contributed by atoms with Crippen LogP contribution in [0.3, 0.4) is 0 Å². The van der Waals surface area contributed by atoms with E-state index in [9.17, 15) is 13.7 Å². The maximum atomic E-state index is 13.2. The Morgan fingerprint density at radius 1 is 1.03 bits per heavy atom. The van der Waals surface area contributed by atoms with Crippen molar-refractivity contribution in [3.05, 3.63) is 105 Å². The molecule has 30 heavy (non-hydrogen) atoms. The molecule has 3 aromatic carbocycles. The molecule has 0 radical (unpaired) electrons. The molecule has 3 rings (SSSR count). The first kappa shape index (κ1) is 22.0. The minimum absolute atomic E-state index is 0.0773. The number of nitriles is 1. The lowest BCUT2D eigenvalue weighted by Gasteiger charge is -2.14. The first-order chi connectivity index (χ1) is 14.4. The molecule has 0 unspecified atom stereocenters. The Bertz CT molecular complexity index is 1220. The molecule has 0 heterocycles. The molecule has 0 amide bonds. The number of sulfone groups is 1. The third kappa shape index (κ3) is 5.45. The third-order valence-corrected chi connectivity index (χ3v) is 7.34. The standard InChI is InChI=1S/C23H19ClN2O2S2/c1-17-7-5-10-20(13-17)26-23(29-16-18-8-6-9-19(24)14-18)22(15-25)30(27,28)21-11-3-2-4-12-21/h2-14,26H,16H2,1H3/b23-22+. The lowest BCUT2D eigenvalue weighted by Crippen LogP contribution is -2.10. The van der Waals surface area contributed by atoms with Crippen LogP contribution < -0.4 is 5.32 Å². The van der Waals surface area contributed by atoms with Crippen LogP contribution >= 0.6 is 23.4 Å². The molecular formula is C23H19ClN2O2S2. The number of allylic oxidation sites excluding steroid dienone is 1. The van der Waals surface area contributed by atoms with Gasteiger partial charge in [-0.2, -0.15) is 5.26 Å². The highest BCUT2D eigenvalue weighted by molar-refractivity contribution is 8.04. The van der Waals surface area contributed by atoms with Crippen LogP contribution in [-0.4, -0.2) is 8.42 Å². The minimum Gasteiger partial charge on any atom is -0.349 e. The lowest BCUT2D eigenvalue weighted by molar-refractivity contribution is 0.603. The summed E-state index contributed by atoms with van der Waals surface area (Å²) in [4.78, 5) is -0.240. The smallest absolute Gasteiger partial charge is 0.219 e. The molecule has 0 saturated carbocycles. The van der Waals surface area contributed by atoms with E-state index < -0.39 is 9.84 Å². The molecule has 0 aliphatic rings. The van der Waals surface area contributed by atoms with Gasteiger partial charge in [-0.25, -0.2) is 8.42 Å². The van der Waals surface area contributed by atoms with Gasteiger partial charge in [-0.05, 0) is 54.4 Å². The van der Waals surface area contributed by atoms with E-state index in [2.05, 4.69) is 5.32 Å². The number of nitrogens with one attached hydrogen (secondary N) is 1.